The van der Waals surface area contributed by atoms with Crippen molar-refractivity contribution in [3.05, 3.63) is 53.6 Å². The van der Waals surface area contributed by atoms with E-state index in [9.17, 15) is 18.0 Å². The highest BCUT2D eigenvalue weighted by molar-refractivity contribution is 5.75. The molecule has 1 unspecified atom stereocenters. The quantitative estimate of drug-likeness (QED) is 0.754. The molecule has 0 fully saturated rings. The number of carbonyl (C=O) groups excluding carboxylic acids is 1. The van der Waals surface area contributed by atoms with E-state index in [1.54, 1.807) is 44.5 Å². The molecule has 0 N–H and O–H groups in total. The van der Waals surface area contributed by atoms with Crippen LogP contribution in [0.4, 0.5) is 13.2 Å². The Morgan fingerprint density at radius 2 is 1.96 bits per heavy atom. The molecule has 25 heavy (non-hydrogen) atoms. The molecule has 0 bridgehead atoms. The molecule has 1 atom stereocenters. The lowest BCUT2D eigenvalue weighted by Gasteiger charge is -2.19. The van der Waals surface area contributed by atoms with Crippen molar-refractivity contribution in [3.8, 4) is 0 Å². The highest BCUT2D eigenvalue weighted by Crippen LogP contribution is 2.32. The van der Waals surface area contributed by atoms with Gasteiger partial charge in [0, 0.05) is 18.3 Å². The average molecular weight is 354 g/mol. The van der Waals surface area contributed by atoms with Gasteiger partial charge in [0.2, 0.25) is 0 Å². The number of nitrogens with zero attached hydrogens (tertiary/aromatic N) is 2. The largest absolute Gasteiger partial charge is 0.443 e. The molecule has 0 saturated carbocycles. The third kappa shape index (κ3) is 4.61. The van der Waals surface area contributed by atoms with Crippen LogP contribution in [0.15, 0.2) is 36.7 Å². The third-order valence-corrected chi connectivity index (χ3v) is 3.80. The van der Waals surface area contributed by atoms with Gasteiger partial charge in [0.15, 0.2) is 6.73 Å². The Morgan fingerprint density at radius 3 is 2.56 bits per heavy atom. The zero-order valence-corrected chi connectivity index (χ0v) is 14.6. The molecule has 0 saturated heterocycles. The fraction of sp³-hybridized carbons (Fsp3) is 0.444. The maximum absolute atomic E-state index is 12.9. The number of ether oxygens (including phenoxy) is 1. The highest BCUT2D eigenvalue weighted by Gasteiger charge is 2.31. The second-order valence-electron chi connectivity index (χ2n) is 6.91. The number of hydrogen-bond donors (Lipinski definition) is 0. The number of carbonyl (C=O) groups is 1. The Morgan fingerprint density at radius 1 is 1.28 bits per heavy atom. The number of imidazole rings is 1. The second kappa shape index (κ2) is 6.90. The summed E-state index contributed by atoms with van der Waals surface area (Å²) < 4.78 is 45.6. The number of halogens is 3. The van der Waals surface area contributed by atoms with Crippen LogP contribution in [-0.4, -0.2) is 15.5 Å². The Balaban J connectivity index is 2.20. The first-order valence-corrected chi connectivity index (χ1v) is 7.85. The maximum atomic E-state index is 12.9. The van der Waals surface area contributed by atoms with Crippen molar-refractivity contribution in [2.75, 3.05) is 0 Å². The standard InChI is InChI=1S/C18H21F3N2O2/c1-12(13-6-5-7-14(10-13)18(19,20)21)15-22-8-9-23(15)11-25-16(24)17(2,3)4/h5-10,12H,11H2,1-4H3. The molecule has 4 nitrogen and oxygen atoms in total. The van der Waals surface area contributed by atoms with Gasteiger partial charge < -0.3 is 9.30 Å². The normalized spacial score (nSPS) is 13.6. The van der Waals surface area contributed by atoms with Crippen molar-refractivity contribution in [1.82, 2.24) is 9.55 Å². The van der Waals surface area contributed by atoms with E-state index in [2.05, 4.69) is 4.98 Å². The van der Waals surface area contributed by atoms with E-state index < -0.39 is 17.2 Å². The third-order valence-electron chi connectivity index (χ3n) is 3.80. The number of esters is 1. The molecule has 0 radical (unpaired) electrons. The van der Waals surface area contributed by atoms with Crippen molar-refractivity contribution in [1.29, 1.82) is 0 Å². The lowest BCUT2D eigenvalue weighted by Crippen LogP contribution is -2.24. The van der Waals surface area contributed by atoms with E-state index in [-0.39, 0.29) is 18.6 Å². The van der Waals surface area contributed by atoms with Gasteiger partial charge in [-0.2, -0.15) is 13.2 Å². The summed E-state index contributed by atoms with van der Waals surface area (Å²) >= 11 is 0. The van der Waals surface area contributed by atoms with E-state index in [1.807, 2.05) is 0 Å². The predicted molar refractivity (Wildman–Crippen MR) is 86.7 cm³/mol. The second-order valence-corrected chi connectivity index (χ2v) is 6.91. The summed E-state index contributed by atoms with van der Waals surface area (Å²) in [5, 5.41) is 0. The van der Waals surface area contributed by atoms with Gasteiger partial charge in [-0.05, 0) is 32.4 Å². The van der Waals surface area contributed by atoms with Crippen molar-refractivity contribution in [2.24, 2.45) is 5.41 Å². The summed E-state index contributed by atoms with van der Waals surface area (Å²) in [6, 6.07) is 5.15. The minimum atomic E-state index is -4.40. The maximum Gasteiger partial charge on any atom is 0.416 e. The van der Waals surface area contributed by atoms with Crippen LogP contribution in [0.3, 0.4) is 0 Å². The zero-order chi connectivity index (χ0) is 18.8. The minimum absolute atomic E-state index is 0.0330. The van der Waals surface area contributed by atoms with Crippen LogP contribution in [0, 0.1) is 5.41 Å². The Labute approximate surface area is 144 Å². The number of rotatable bonds is 4. The van der Waals surface area contributed by atoms with E-state index in [0.717, 1.165) is 12.1 Å². The summed E-state index contributed by atoms with van der Waals surface area (Å²) in [5.41, 5.74) is -0.841. The number of benzene rings is 1. The molecule has 1 aromatic heterocycles. The molecular formula is C18H21F3N2O2. The molecule has 136 valence electrons. The lowest BCUT2D eigenvalue weighted by molar-refractivity contribution is -0.157. The van der Waals surface area contributed by atoms with Crippen molar-refractivity contribution in [2.45, 2.75) is 46.5 Å². The minimum Gasteiger partial charge on any atom is -0.443 e. The van der Waals surface area contributed by atoms with Crippen molar-refractivity contribution in [3.63, 3.8) is 0 Å². The smallest absolute Gasteiger partial charge is 0.416 e. The van der Waals surface area contributed by atoms with Crippen LogP contribution in [-0.2, 0) is 22.4 Å². The molecular weight excluding hydrogens is 333 g/mol. The Kier molecular flexibility index (Phi) is 5.25. The summed E-state index contributed by atoms with van der Waals surface area (Å²) in [5.74, 6) is -0.217. The van der Waals surface area contributed by atoms with E-state index in [1.165, 1.54) is 12.3 Å². The zero-order valence-electron chi connectivity index (χ0n) is 14.6. The molecule has 2 aromatic rings. The lowest BCUT2D eigenvalue weighted by atomic mass is 9.97. The van der Waals surface area contributed by atoms with Crippen LogP contribution in [0.2, 0.25) is 0 Å². The SMILES string of the molecule is CC(c1cccc(C(F)(F)F)c1)c1nccn1COC(=O)C(C)(C)C. The average Bonchev–Trinajstić information content (AvgIpc) is 2.98. The van der Waals surface area contributed by atoms with Crippen LogP contribution in [0.5, 0.6) is 0 Å². The summed E-state index contributed by atoms with van der Waals surface area (Å²) in [6.45, 7) is 6.97. The number of aromatic nitrogens is 2. The van der Waals surface area contributed by atoms with Gasteiger partial charge in [-0.1, -0.05) is 25.1 Å². The van der Waals surface area contributed by atoms with Gasteiger partial charge in [0.05, 0.1) is 11.0 Å². The van der Waals surface area contributed by atoms with Gasteiger partial charge in [0.25, 0.3) is 0 Å². The summed E-state index contributed by atoms with van der Waals surface area (Å²) in [6.07, 6.45) is -1.23. The molecule has 0 aliphatic heterocycles. The first kappa shape index (κ1) is 19.0. The number of hydrogen-bond acceptors (Lipinski definition) is 3. The molecule has 0 amide bonds. The van der Waals surface area contributed by atoms with Crippen molar-refractivity contribution < 1.29 is 22.7 Å². The van der Waals surface area contributed by atoms with E-state index in [4.69, 9.17) is 4.74 Å². The van der Waals surface area contributed by atoms with Gasteiger partial charge in [-0.3, -0.25) is 4.79 Å². The first-order chi connectivity index (χ1) is 11.5. The fourth-order valence-corrected chi connectivity index (χ4v) is 2.29. The number of alkyl halides is 3. The summed E-state index contributed by atoms with van der Waals surface area (Å²) in [4.78, 5) is 16.1. The molecule has 1 aromatic carbocycles. The monoisotopic (exact) mass is 354 g/mol. The molecule has 0 spiro atoms. The Bertz CT molecular complexity index is 745. The van der Waals surface area contributed by atoms with Crippen LogP contribution in [0.25, 0.3) is 0 Å². The molecule has 2 rings (SSSR count). The summed E-state index contributed by atoms with van der Waals surface area (Å²) in [7, 11) is 0. The molecule has 7 heteroatoms. The topological polar surface area (TPSA) is 44.1 Å². The van der Waals surface area contributed by atoms with Gasteiger partial charge >= 0.3 is 12.1 Å². The van der Waals surface area contributed by atoms with Crippen LogP contribution >= 0.6 is 0 Å². The van der Waals surface area contributed by atoms with Crippen LogP contribution < -0.4 is 0 Å². The van der Waals surface area contributed by atoms with Gasteiger partial charge in [-0.15, -0.1) is 0 Å². The molecule has 0 aliphatic carbocycles. The first-order valence-electron chi connectivity index (χ1n) is 7.85. The fourth-order valence-electron chi connectivity index (χ4n) is 2.29. The van der Waals surface area contributed by atoms with Gasteiger partial charge in [-0.25, -0.2) is 4.98 Å². The van der Waals surface area contributed by atoms with Crippen LogP contribution in [0.1, 0.15) is 50.6 Å². The van der Waals surface area contributed by atoms with E-state index in [0.29, 0.717) is 11.4 Å². The Hall–Kier alpha value is -2.31. The predicted octanol–water partition coefficient (Wildman–Crippen LogP) is 4.60. The van der Waals surface area contributed by atoms with Gasteiger partial charge in [0.1, 0.15) is 5.82 Å². The highest BCUT2D eigenvalue weighted by atomic mass is 19.4. The van der Waals surface area contributed by atoms with E-state index >= 15 is 0 Å². The molecule has 1 heterocycles. The molecule has 0 aliphatic rings. The van der Waals surface area contributed by atoms with Crippen molar-refractivity contribution >= 4 is 5.97 Å².